The average Bonchev–Trinajstić information content (AvgIpc) is 2.62. The van der Waals surface area contributed by atoms with E-state index in [1.165, 1.54) is 0 Å². The highest BCUT2D eigenvalue weighted by Gasteiger charge is 2.08. The molecule has 126 valence electrons. The Morgan fingerprint density at radius 2 is 1.72 bits per heavy atom. The van der Waals surface area contributed by atoms with Gasteiger partial charge in [0.05, 0.1) is 11.2 Å². The fourth-order valence-electron chi connectivity index (χ4n) is 2.81. The summed E-state index contributed by atoms with van der Waals surface area (Å²) in [5.41, 5.74) is 4.14. The third-order valence-electron chi connectivity index (χ3n) is 4.10. The molecule has 0 saturated heterocycles. The van der Waals surface area contributed by atoms with Crippen LogP contribution in [-0.2, 0) is 0 Å². The summed E-state index contributed by atoms with van der Waals surface area (Å²) in [6.45, 7) is 0. The van der Waals surface area contributed by atoms with E-state index in [9.17, 15) is 0 Å². The number of hydrogen-bond donors (Lipinski definition) is 1. The van der Waals surface area contributed by atoms with Crippen LogP contribution in [0, 0.1) is 0 Å². The first kappa shape index (κ1) is 17.1. The van der Waals surface area contributed by atoms with Crippen LogP contribution < -0.4 is 5.84 Å². The van der Waals surface area contributed by atoms with Crippen LogP contribution >= 0.6 is 11.6 Å². The Morgan fingerprint density at radius 1 is 1.00 bits per heavy atom. The smallest absolute Gasteiger partial charge is 0.0557 e. The van der Waals surface area contributed by atoms with Crippen LogP contribution in [-0.4, -0.2) is 25.2 Å². The molecule has 2 N–H and O–H groups in total. The van der Waals surface area contributed by atoms with Crippen molar-refractivity contribution in [3.05, 3.63) is 82.4 Å². The molecule has 0 fully saturated rings. The van der Waals surface area contributed by atoms with Crippen LogP contribution in [0.2, 0.25) is 5.02 Å². The van der Waals surface area contributed by atoms with Crippen molar-refractivity contribution >= 4 is 40.4 Å². The highest BCUT2D eigenvalue weighted by Crippen LogP contribution is 2.30. The zero-order valence-corrected chi connectivity index (χ0v) is 15.0. The molecule has 0 bridgehead atoms. The molecule has 3 aromatic rings. The lowest BCUT2D eigenvalue weighted by Gasteiger charge is -2.18. The number of rotatable bonds is 4. The van der Waals surface area contributed by atoms with Crippen LogP contribution in [0.3, 0.4) is 0 Å². The minimum absolute atomic E-state index is 0.768. The number of hydrazone groups is 1. The van der Waals surface area contributed by atoms with Gasteiger partial charge in [0.15, 0.2) is 0 Å². The molecule has 0 amide bonds. The Morgan fingerprint density at radius 3 is 2.40 bits per heavy atom. The standard InChI is InChI=1S/C21H20ClN3/c1-25(2)20(17-9-7-15(8-10-17)14-24-23)13-18-12-11-16-5-3-4-6-19(16)21(18)22/h3-14H,23H2,1-2H3/b20-13?,24-14+. The van der Waals surface area contributed by atoms with E-state index in [-0.39, 0.29) is 0 Å². The fourth-order valence-corrected chi connectivity index (χ4v) is 3.10. The van der Waals surface area contributed by atoms with Crippen LogP contribution in [0.15, 0.2) is 65.8 Å². The maximum atomic E-state index is 6.65. The topological polar surface area (TPSA) is 41.6 Å². The maximum Gasteiger partial charge on any atom is 0.0557 e. The summed E-state index contributed by atoms with van der Waals surface area (Å²) in [6, 6.07) is 20.4. The lowest BCUT2D eigenvalue weighted by Crippen LogP contribution is -2.10. The molecular formula is C21H20ClN3. The van der Waals surface area contributed by atoms with E-state index in [0.29, 0.717) is 0 Å². The molecule has 4 heteroatoms. The van der Waals surface area contributed by atoms with Gasteiger partial charge < -0.3 is 10.7 Å². The number of nitrogens with two attached hydrogens (primary N) is 1. The van der Waals surface area contributed by atoms with Gasteiger partial charge in [0.25, 0.3) is 0 Å². The predicted molar refractivity (Wildman–Crippen MR) is 109 cm³/mol. The third-order valence-corrected chi connectivity index (χ3v) is 4.52. The minimum atomic E-state index is 0.768. The number of fused-ring (bicyclic) bond motifs is 1. The molecule has 0 aromatic heterocycles. The Kier molecular flexibility index (Phi) is 5.05. The molecule has 0 heterocycles. The normalized spacial score (nSPS) is 12.0. The van der Waals surface area contributed by atoms with Gasteiger partial charge in [0.1, 0.15) is 0 Å². The van der Waals surface area contributed by atoms with Crippen molar-refractivity contribution in [3.63, 3.8) is 0 Å². The van der Waals surface area contributed by atoms with Crippen molar-refractivity contribution in [2.24, 2.45) is 10.9 Å². The van der Waals surface area contributed by atoms with Crippen LogP contribution in [0.25, 0.3) is 22.5 Å². The van der Waals surface area contributed by atoms with E-state index < -0.39 is 0 Å². The second-order valence-corrected chi connectivity index (χ2v) is 6.39. The van der Waals surface area contributed by atoms with Gasteiger partial charge in [0.2, 0.25) is 0 Å². The highest BCUT2D eigenvalue weighted by atomic mass is 35.5. The fraction of sp³-hybridized carbons (Fsp3) is 0.0952. The van der Waals surface area contributed by atoms with Crippen LogP contribution in [0.4, 0.5) is 0 Å². The Labute approximate surface area is 153 Å². The summed E-state index contributed by atoms with van der Waals surface area (Å²) in [5.74, 6) is 5.21. The molecule has 0 unspecified atom stereocenters. The molecule has 25 heavy (non-hydrogen) atoms. The summed E-state index contributed by atoms with van der Waals surface area (Å²) in [5, 5.41) is 6.53. The molecule has 0 aliphatic heterocycles. The number of nitrogens with zero attached hydrogens (tertiary/aromatic N) is 2. The largest absolute Gasteiger partial charge is 0.377 e. The number of hydrogen-bond acceptors (Lipinski definition) is 3. The summed E-state index contributed by atoms with van der Waals surface area (Å²) >= 11 is 6.65. The zero-order chi connectivity index (χ0) is 17.8. The van der Waals surface area contributed by atoms with E-state index in [4.69, 9.17) is 17.4 Å². The van der Waals surface area contributed by atoms with Crippen molar-refractivity contribution < 1.29 is 0 Å². The first-order valence-electron chi connectivity index (χ1n) is 8.00. The molecule has 3 aromatic carbocycles. The van der Waals surface area contributed by atoms with E-state index in [0.717, 1.165) is 38.2 Å². The summed E-state index contributed by atoms with van der Waals surface area (Å²) < 4.78 is 0. The van der Waals surface area contributed by atoms with Crippen LogP contribution in [0.5, 0.6) is 0 Å². The van der Waals surface area contributed by atoms with E-state index in [2.05, 4.69) is 46.4 Å². The van der Waals surface area contributed by atoms with Crippen molar-refractivity contribution in [2.45, 2.75) is 0 Å². The monoisotopic (exact) mass is 349 g/mol. The van der Waals surface area contributed by atoms with Gasteiger partial charge in [-0.1, -0.05) is 72.3 Å². The zero-order valence-electron chi connectivity index (χ0n) is 14.3. The Hall–Kier alpha value is -2.78. The van der Waals surface area contributed by atoms with Crippen molar-refractivity contribution in [1.29, 1.82) is 0 Å². The van der Waals surface area contributed by atoms with Gasteiger partial charge in [-0.25, -0.2) is 0 Å². The highest BCUT2D eigenvalue weighted by molar-refractivity contribution is 6.37. The molecule has 3 rings (SSSR count). The third kappa shape index (κ3) is 3.67. The van der Waals surface area contributed by atoms with Crippen molar-refractivity contribution in [3.8, 4) is 0 Å². The second-order valence-electron chi connectivity index (χ2n) is 6.01. The molecule has 0 atom stereocenters. The molecule has 0 radical (unpaired) electrons. The lowest BCUT2D eigenvalue weighted by molar-refractivity contribution is 0.595. The van der Waals surface area contributed by atoms with E-state index >= 15 is 0 Å². The Bertz CT molecular complexity index is 941. The average molecular weight is 350 g/mol. The molecule has 3 nitrogen and oxygen atoms in total. The second kappa shape index (κ2) is 7.41. The molecule has 0 spiro atoms. The summed E-state index contributed by atoms with van der Waals surface area (Å²) in [6.07, 6.45) is 3.74. The maximum absolute atomic E-state index is 6.65. The van der Waals surface area contributed by atoms with Crippen LogP contribution in [0.1, 0.15) is 16.7 Å². The lowest BCUT2D eigenvalue weighted by atomic mass is 10.0. The Balaban J connectivity index is 2.07. The van der Waals surface area contributed by atoms with Gasteiger partial charge in [-0.3, -0.25) is 0 Å². The molecular weight excluding hydrogens is 330 g/mol. The minimum Gasteiger partial charge on any atom is -0.377 e. The van der Waals surface area contributed by atoms with Gasteiger partial charge in [-0.05, 0) is 28.2 Å². The first-order chi connectivity index (χ1) is 12.1. The van der Waals surface area contributed by atoms with Crippen molar-refractivity contribution in [1.82, 2.24) is 4.90 Å². The summed E-state index contributed by atoms with van der Waals surface area (Å²) in [4.78, 5) is 2.08. The number of benzene rings is 3. The summed E-state index contributed by atoms with van der Waals surface area (Å²) in [7, 11) is 4.05. The van der Waals surface area contributed by atoms with Gasteiger partial charge in [-0.2, -0.15) is 5.10 Å². The van der Waals surface area contributed by atoms with Crippen molar-refractivity contribution in [2.75, 3.05) is 14.1 Å². The van der Waals surface area contributed by atoms with E-state index in [1.807, 2.05) is 44.4 Å². The first-order valence-corrected chi connectivity index (χ1v) is 8.38. The SMILES string of the molecule is CN(C)C(=Cc1ccc2ccccc2c1Cl)c1ccc(/C=N/N)cc1. The van der Waals surface area contributed by atoms with Gasteiger partial charge >= 0.3 is 0 Å². The quantitative estimate of drug-likeness (QED) is 0.317. The van der Waals surface area contributed by atoms with Gasteiger partial charge in [0, 0.05) is 25.2 Å². The van der Waals surface area contributed by atoms with E-state index in [1.54, 1.807) is 6.21 Å². The molecule has 0 saturated carbocycles. The molecule has 0 aliphatic carbocycles. The van der Waals surface area contributed by atoms with Gasteiger partial charge in [-0.15, -0.1) is 0 Å². The number of halogens is 1. The molecule has 0 aliphatic rings. The predicted octanol–water partition coefficient (Wildman–Crippen LogP) is 4.85.